The first-order valence-electron chi connectivity index (χ1n) is 6.02. The first kappa shape index (κ1) is 11.6. The highest BCUT2D eigenvalue weighted by atomic mass is 16.4. The number of carboxylic acid groups (broad SMARTS) is 1. The number of fused-ring (bicyclic) bond motifs is 1. The van der Waals surface area contributed by atoms with Gasteiger partial charge in [0.15, 0.2) is 11.5 Å². The number of rotatable bonds is 2. The molecule has 0 radical (unpaired) electrons. The Kier molecular flexibility index (Phi) is 2.83. The molecule has 3 heterocycles. The van der Waals surface area contributed by atoms with Gasteiger partial charge in [-0.3, -0.25) is 9.97 Å². The van der Waals surface area contributed by atoms with E-state index in [4.69, 9.17) is 5.11 Å². The molecule has 0 bridgehead atoms. The third-order valence-electron chi connectivity index (χ3n) is 3.07. The van der Waals surface area contributed by atoms with Crippen LogP contribution >= 0.6 is 0 Å². The summed E-state index contributed by atoms with van der Waals surface area (Å²) in [6.07, 6.45) is 6.48. The molecule has 0 aliphatic carbocycles. The Morgan fingerprint density at radius 2 is 2.26 bits per heavy atom. The normalized spacial score (nSPS) is 14.0. The van der Waals surface area contributed by atoms with Crippen molar-refractivity contribution in [1.82, 2.24) is 15.0 Å². The van der Waals surface area contributed by atoms with Gasteiger partial charge in [0.1, 0.15) is 0 Å². The molecule has 96 valence electrons. The quantitative estimate of drug-likeness (QED) is 0.880. The van der Waals surface area contributed by atoms with Gasteiger partial charge < -0.3 is 10.0 Å². The summed E-state index contributed by atoms with van der Waals surface area (Å²) in [6.45, 7) is 0.788. The SMILES string of the molecule is O=C(O)c1cncc(N2CCCc3ncccc32)n1. The van der Waals surface area contributed by atoms with Gasteiger partial charge in [0, 0.05) is 12.7 Å². The Hall–Kier alpha value is -2.50. The molecule has 0 unspecified atom stereocenters. The maximum atomic E-state index is 10.9. The van der Waals surface area contributed by atoms with E-state index in [1.807, 2.05) is 17.0 Å². The van der Waals surface area contributed by atoms with Crippen molar-refractivity contribution < 1.29 is 9.90 Å². The zero-order chi connectivity index (χ0) is 13.2. The van der Waals surface area contributed by atoms with Crippen molar-refractivity contribution in [3.8, 4) is 0 Å². The fourth-order valence-corrected chi connectivity index (χ4v) is 2.22. The molecule has 3 rings (SSSR count). The van der Waals surface area contributed by atoms with Crippen LogP contribution in [0.1, 0.15) is 22.6 Å². The van der Waals surface area contributed by atoms with Crippen molar-refractivity contribution in [1.29, 1.82) is 0 Å². The van der Waals surface area contributed by atoms with Crippen LogP contribution < -0.4 is 4.90 Å². The predicted molar refractivity (Wildman–Crippen MR) is 68.6 cm³/mol. The third kappa shape index (κ3) is 2.12. The number of hydrogen-bond acceptors (Lipinski definition) is 5. The monoisotopic (exact) mass is 256 g/mol. The Morgan fingerprint density at radius 3 is 3.11 bits per heavy atom. The van der Waals surface area contributed by atoms with Crippen LogP contribution in [0.25, 0.3) is 0 Å². The summed E-state index contributed by atoms with van der Waals surface area (Å²) in [5, 5.41) is 8.97. The Labute approximate surface area is 109 Å². The minimum absolute atomic E-state index is 0.0477. The molecule has 1 aliphatic heterocycles. The topological polar surface area (TPSA) is 79.2 Å². The van der Waals surface area contributed by atoms with E-state index in [1.165, 1.54) is 6.20 Å². The van der Waals surface area contributed by atoms with Crippen molar-refractivity contribution >= 4 is 17.5 Å². The molecular weight excluding hydrogens is 244 g/mol. The lowest BCUT2D eigenvalue weighted by molar-refractivity contribution is 0.0690. The number of carbonyl (C=O) groups is 1. The van der Waals surface area contributed by atoms with Crippen LogP contribution in [0.15, 0.2) is 30.7 Å². The lowest BCUT2D eigenvalue weighted by Crippen LogP contribution is -2.26. The average molecular weight is 256 g/mol. The molecule has 1 aliphatic rings. The van der Waals surface area contributed by atoms with E-state index in [0.717, 1.165) is 30.8 Å². The largest absolute Gasteiger partial charge is 0.476 e. The van der Waals surface area contributed by atoms with Crippen LogP contribution in [-0.2, 0) is 6.42 Å². The fraction of sp³-hybridized carbons (Fsp3) is 0.231. The molecule has 0 amide bonds. The van der Waals surface area contributed by atoms with Crippen molar-refractivity contribution in [2.75, 3.05) is 11.4 Å². The number of anilines is 2. The van der Waals surface area contributed by atoms with Gasteiger partial charge in [0.05, 0.1) is 23.8 Å². The maximum Gasteiger partial charge on any atom is 0.356 e. The summed E-state index contributed by atoms with van der Waals surface area (Å²) in [6, 6.07) is 3.84. The number of aromatic nitrogens is 3. The highest BCUT2D eigenvalue weighted by molar-refractivity contribution is 5.85. The van der Waals surface area contributed by atoms with Crippen molar-refractivity contribution in [2.45, 2.75) is 12.8 Å². The lowest BCUT2D eigenvalue weighted by Gasteiger charge is -2.29. The van der Waals surface area contributed by atoms with E-state index >= 15 is 0 Å². The minimum Gasteiger partial charge on any atom is -0.476 e. The van der Waals surface area contributed by atoms with Crippen LogP contribution in [0.5, 0.6) is 0 Å². The molecule has 6 nitrogen and oxygen atoms in total. The second-order valence-corrected chi connectivity index (χ2v) is 4.29. The summed E-state index contributed by atoms with van der Waals surface area (Å²) in [4.78, 5) is 25.3. The Morgan fingerprint density at radius 1 is 1.37 bits per heavy atom. The van der Waals surface area contributed by atoms with E-state index in [1.54, 1.807) is 12.4 Å². The van der Waals surface area contributed by atoms with Gasteiger partial charge >= 0.3 is 5.97 Å². The first-order chi connectivity index (χ1) is 9.25. The average Bonchev–Trinajstić information content (AvgIpc) is 2.47. The van der Waals surface area contributed by atoms with Gasteiger partial charge in [0.25, 0.3) is 0 Å². The summed E-state index contributed by atoms with van der Waals surface area (Å²) < 4.78 is 0. The van der Waals surface area contributed by atoms with Crippen LogP contribution in [0, 0.1) is 0 Å². The molecule has 2 aromatic heterocycles. The van der Waals surface area contributed by atoms with Gasteiger partial charge in [-0.05, 0) is 25.0 Å². The Balaban J connectivity index is 2.04. The van der Waals surface area contributed by atoms with E-state index < -0.39 is 5.97 Å². The molecular formula is C13H12N4O2. The predicted octanol–water partition coefficient (Wildman–Crippen LogP) is 1.65. The highest BCUT2D eigenvalue weighted by Gasteiger charge is 2.20. The van der Waals surface area contributed by atoms with E-state index in [-0.39, 0.29) is 5.69 Å². The summed E-state index contributed by atoms with van der Waals surface area (Å²) in [7, 11) is 0. The van der Waals surface area contributed by atoms with Gasteiger partial charge in [-0.1, -0.05) is 0 Å². The second-order valence-electron chi connectivity index (χ2n) is 4.29. The van der Waals surface area contributed by atoms with Crippen molar-refractivity contribution in [3.05, 3.63) is 42.1 Å². The zero-order valence-corrected chi connectivity index (χ0v) is 10.2. The summed E-state index contributed by atoms with van der Waals surface area (Å²) in [5.74, 6) is -0.522. The molecule has 0 fully saturated rings. The van der Waals surface area contributed by atoms with Gasteiger partial charge in [-0.25, -0.2) is 9.78 Å². The Bertz CT molecular complexity index is 630. The molecule has 0 spiro atoms. The molecule has 0 saturated carbocycles. The van der Waals surface area contributed by atoms with E-state index in [2.05, 4.69) is 15.0 Å². The number of carboxylic acids is 1. The standard InChI is InChI=1S/C13H12N4O2/c18-13(19)10-7-14-8-12(16-10)17-6-2-3-9-11(17)4-1-5-15-9/h1,4-5,7-8H,2-3,6H2,(H,18,19). The smallest absolute Gasteiger partial charge is 0.356 e. The first-order valence-corrected chi connectivity index (χ1v) is 6.02. The number of nitrogens with zero attached hydrogens (tertiary/aromatic N) is 4. The van der Waals surface area contributed by atoms with Crippen molar-refractivity contribution in [2.24, 2.45) is 0 Å². The molecule has 0 atom stereocenters. The molecule has 0 saturated heterocycles. The zero-order valence-electron chi connectivity index (χ0n) is 10.2. The van der Waals surface area contributed by atoms with Gasteiger partial charge in [-0.2, -0.15) is 0 Å². The number of pyridine rings is 1. The number of hydrogen-bond donors (Lipinski definition) is 1. The molecule has 1 N–H and O–H groups in total. The number of aromatic carboxylic acids is 1. The fourth-order valence-electron chi connectivity index (χ4n) is 2.22. The number of aryl methyl sites for hydroxylation is 1. The van der Waals surface area contributed by atoms with E-state index in [9.17, 15) is 4.79 Å². The highest BCUT2D eigenvalue weighted by Crippen LogP contribution is 2.30. The van der Waals surface area contributed by atoms with Gasteiger partial charge in [-0.15, -0.1) is 0 Å². The van der Waals surface area contributed by atoms with Crippen LogP contribution in [0.3, 0.4) is 0 Å². The minimum atomic E-state index is -1.07. The molecule has 0 aromatic carbocycles. The van der Waals surface area contributed by atoms with Crippen LogP contribution in [0.2, 0.25) is 0 Å². The van der Waals surface area contributed by atoms with E-state index in [0.29, 0.717) is 5.82 Å². The maximum absolute atomic E-state index is 10.9. The third-order valence-corrected chi connectivity index (χ3v) is 3.07. The van der Waals surface area contributed by atoms with Gasteiger partial charge in [0.2, 0.25) is 0 Å². The second kappa shape index (κ2) is 4.64. The summed E-state index contributed by atoms with van der Waals surface area (Å²) in [5.41, 5.74) is 1.94. The lowest BCUT2D eigenvalue weighted by atomic mass is 10.1. The molecule has 2 aromatic rings. The summed E-state index contributed by atoms with van der Waals surface area (Å²) >= 11 is 0. The van der Waals surface area contributed by atoms with Crippen molar-refractivity contribution in [3.63, 3.8) is 0 Å². The van der Waals surface area contributed by atoms with Crippen LogP contribution in [0.4, 0.5) is 11.5 Å². The molecule has 19 heavy (non-hydrogen) atoms. The van der Waals surface area contributed by atoms with Crippen LogP contribution in [-0.4, -0.2) is 32.6 Å². The molecule has 6 heteroatoms.